The van der Waals surface area contributed by atoms with E-state index in [1.165, 1.54) is 24.3 Å². The number of anilines is 1. The fraction of sp³-hybridized carbons (Fsp3) is 0.0769. The van der Waals surface area contributed by atoms with Crippen molar-refractivity contribution < 1.29 is 17.2 Å². The van der Waals surface area contributed by atoms with Crippen LogP contribution in [0.5, 0.6) is 0 Å². The van der Waals surface area contributed by atoms with E-state index in [-0.39, 0.29) is 21.2 Å². The van der Waals surface area contributed by atoms with Gasteiger partial charge in [-0.1, -0.05) is 17.7 Å². The summed E-state index contributed by atoms with van der Waals surface area (Å²) in [4.78, 5) is -0.135. The number of benzene rings is 2. The van der Waals surface area contributed by atoms with Gasteiger partial charge in [0.15, 0.2) is 21.5 Å². The van der Waals surface area contributed by atoms with Gasteiger partial charge >= 0.3 is 0 Å². The molecule has 3 nitrogen and oxygen atoms in total. The molecular formula is C13H10ClF2NO2S. The van der Waals surface area contributed by atoms with Crippen LogP contribution in [0.15, 0.2) is 41.3 Å². The highest BCUT2D eigenvalue weighted by molar-refractivity contribution is 7.90. The van der Waals surface area contributed by atoms with Crippen LogP contribution in [0.2, 0.25) is 5.02 Å². The van der Waals surface area contributed by atoms with Crippen molar-refractivity contribution in [2.75, 3.05) is 5.73 Å². The summed E-state index contributed by atoms with van der Waals surface area (Å²) in [5, 5.41) is 0.0294. The molecule has 0 aliphatic rings. The molecule has 0 radical (unpaired) electrons. The van der Waals surface area contributed by atoms with Gasteiger partial charge in [0.05, 0.1) is 15.7 Å². The number of sulfone groups is 1. The molecule has 2 aromatic rings. The standard InChI is InChI=1S/C13H10ClF2NO2S/c14-10-3-2-9(17)6-13(10)20(18,19)7-8-1-4-11(15)12(16)5-8/h1-6H,7,17H2. The van der Waals surface area contributed by atoms with Crippen LogP contribution < -0.4 is 5.73 Å². The van der Waals surface area contributed by atoms with E-state index in [1.807, 2.05) is 0 Å². The molecule has 0 atom stereocenters. The van der Waals surface area contributed by atoms with Crippen molar-refractivity contribution in [3.8, 4) is 0 Å². The lowest BCUT2D eigenvalue weighted by molar-refractivity contribution is 0.507. The Morgan fingerprint density at radius 3 is 2.40 bits per heavy atom. The van der Waals surface area contributed by atoms with Crippen molar-refractivity contribution in [2.24, 2.45) is 0 Å². The highest BCUT2D eigenvalue weighted by Crippen LogP contribution is 2.27. The van der Waals surface area contributed by atoms with E-state index in [2.05, 4.69) is 0 Å². The molecule has 0 saturated carbocycles. The third-order valence-corrected chi connectivity index (χ3v) is 4.79. The maximum absolute atomic E-state index is 13.1. The minimum atomic E-state index is -3.80. The van der Waals surface area contributed by atoms with E-state index in [4.69, 9.17) is 17.3 Å². The molecule has 0 saturated heterocycles. The summed E-state index contributed by atoms with van der Waals surface area (Å²) in [6.07, 6.45) is 0. The quantitative estimate of drug-likeness (QED) is 0.884. The summed E-state index contributed by atoms with van der Waals surface area (Å²) in [6.45, 7) is 0. The summed E-state index contributed by atoms with van der Waals surface area (Å²) < 4.78 is 50.3. The minimum Gasteiger partial charge on any atom is -0.399 e. The van der Waals surface area contributed by atoms with Crippen molar-refractivity contribution in [3.63, 3.8) is 0 Å². The lowest BCUT2D eigenvalue weighted by atomic mass is 10.2. The molecule has 2 N–H and O–H groups in total. The maximum atomic E-state index is 13.1. The summed E-state index contributed by atoms with van der Waals surface area (Å²) >= 11 is 5.83. The third kappa shape index (κ3) is 3.08. The summed E-state index contributed by atoms with van der Waals surface area (Å²) in [7, 11) is -3.80. The second-order valence-electron chi connectivity index (χ2n) is 4.20. The van der Waals surface area contributed by atoms with E-state index in [9.17, 15) is 17.2 Å². The molecule has 0 aromatic heterocycles. The molecule has 0 unspecified atom stereocenters. The highest BCUT2D eigenvalue weighted by Gasteiger charge is 2.20. The minimum absolute atomic E-state index is 0.0294. The predicted octanol–water partition coefficient (Wildman–Crippen LogP) is 3.17. The number of rotatable bonds is 3. The molecule has 0 aliphatic carbocycles. The van der Waals surface area contributed by atoms with Crippen LogP contribution >= 0.6 is 11.6 Å². The van der Waals surface area contributed by atoms with Gasteiger partial charge in [0.25, 0.3) is 0 Å². The number of halogens is 3. The third-order valence-electron chi connectivity index (χ3n) is 2.63. The first-order valence-electron chi connectivity index (χ1n) is 5.51. The first-order chi connectivity index (χ1) is 9.29. The molecular weight excluding hydrogens is 308 g/mol. The Morgan fingerprint density at radius 2 is 1.75 bits per heavy atom. The Balaban J connectivity index is 2.40. The number of hydrogen-bond donors (Lipinski definition) is 1. The second-order valence-corrected chi connectivity index (χ2v) is 6.56. The van der Waals surface area contributed by atoms with Crippen LogP contribution in [0.4, 0.5) is 14.5 Å². The zero-order chi connectivity index (χ0) is 14.9. The first kappa shape index (κ1) is 14.7. The van der Waals surface area contributed by atoms with Crippen molar-refractivity contribution in [1.29, 1.82) is 0 Å². The van der Waals surface area contributed by atoms with Crippen LogP contribution in [0.3, 0.4) is 0 Å². The van der Waals surface area contributed by atoms with Gasteiger partial charge in [-0.05, 0) is 35.9 Å². The normalized spacial score (nSPS) is 11.6. The van der Waals surface area contributed by atoms with Gasteiger partial charge in [0, 0.05) is 5.69 Å². The van der Waals surface area contributed by atoms with Crippen LogP contribution in [-0.4, -0.2) is 8.42 Å². The molecule has 0 heterocycles. The molecule has 0 fully saturated rings. The van der Waals surface area contributed by atoms with Crippen LogP contribution in [0.25, 0.3) is 0 Å². The van der Waals surface area contributed by atoms with Gasteiger partial charge in [-0.15, -0.1) is 0 Å². The van der Waals surface area contributed by atoms with Gasteiger partial charge in [0.1, 0.15) is 0 Å². The molecule has 20 heavy (non-hydrogen) atoms. The molecule has 106 valence electrons. The lowest BCUT2D eigenvalue weighted by Crippen LogP contribution is -2.07. The van der Waals surface area contributed by atoms with E-state index in [1.54, 1.807) is 0 Å². The molecule has 0 aliphatic heterocycles. The molecule has 0 amide bonds. The SMILES string of the molecule is Nc1ccc(Cl)c(S(=O)(=O)Cc2ccc(F)c(F)c2)c1. The van der Waals surface area contributed by atoms with Gasteiger partial charge in [-0.25, -0.2) is 17.2 Å². The van der Waals surface area contributed by atoms with Crippen molar-refractivity contribution in [1.82, 2.24) is 0 Å². The largest absolute Gasteiger partial charge is 0.399 e. The van der Waals surface area contributed by atoms with Crippen molar-refractivity contribution in [2.45, 2.75) is 10.6 Å². The van der Waals surface area contributed by atoms with E-state index in [0.29, 0.717) is 0 Å². The number of hydrogen-bond acceptors (Lipinski definition) is 3. The maximum Gasteiger partial charge on any atom is 0.184 e. The van der Waals surface area contributed by atoms with Gasteiger partial charge in [-0.2, -0.15) is 0 Å². The fourth-order valence-electron chi connectivity index (χ4n) is 1.68. The smallest absolute Gasteiger partial charge is 0.184 e. The van der Waals surface area contributed by atoms with Gasteiger partial charge in [-0.3, -0.25) is 0 Å². The monoisotopic (exact) mass is 317 g/mol. The Hall–Kier alpha value is -1.66. The van der Waals surface area contributed by atoms with Crippen LogP contribution in [0, 0.1) is 11.6 Å². The molecule has 0 spiro atoms. The Bertz CT molecular complexity index is 763. The lowest BCUT2D eigenvalue weighted by Gasteiger charge is -2.08. The summed E-state index contributed by atoms with van der Waals surface area (Å²) in [6, 6.07) is 7.00. The average Bonchev–Trinajstić information content (AvgIpc) is 2.36. The zero-order valence-corrected chi connectivity index (χ0v) is 11.7. The number of nitrogens with two attached hydrogens (primary N) is 1. The van der Waals surface area contributed by atoms with E-state index in [0.717, 1.165) is 12.1 Å². The molecule has 7 heteroatoms. The Labute approximate surface area is 119 Å². The molecule has 2 rings (SSSR count). The second kappa shape index (κ2) is 5.38. The van der Waals surface area contributed by atoms with Crippen molar-refractivity contribution >= 4 is 27.1 Å². The number of nitrogen functional groups attached to an aromatic ring is 1. The topological polar surface area (TPSA) is 60.2 Å². The van der Waals surface area contributed by atoms with E-state index < -0.39 is 27.2 Å². The predicted molar refractivity (Wildman–Crippen MR) is 73.1 cm³/mol. The summed E-state index contributed by atoms with van der Waals surface area (Å²) in [5.74, 6) is -2.63. The summed E-state index contributed by atoms with van der Waals surface area (Å²) in [5.41, 5.74) is 5.90. The Morgan fingerprint density at radius 1 is 1.05 bits per heavy atom. The average molecular weight is 318 g/mol. The molecule has 0 bridgehead atoms. The Kier molecular flexibility index (Phi) is 3.96. The van der Waals surface area contributed by atoms with Gasteiger partial charge < -0.3 is 5.73 Å². The zero-order valence-electron chi connectivity index (χ0n) is 10.1. The highest BCUT2D eigenvalue weighted by atomic mass is 35.5. The van der Waals surface area contributed by atoms with Gasteiger partial charge in [0.2, 0.25) is 0 Å². The van der Waals surface area contributed by atoms with Crippen LogP contribution in [0.1, 0.15) is 5.56 Å². The van der Waals surface area contributed by atoms with Crippen LogP contribution in [-0.2, 0) is 15.6 Å². The molecule has 2 aromatic carbocycles. The fourth-order valence-corrected chi connectivity index (χ4v) is 3.61. The van der Waals surface area contributed by atoms with Crippen molar-refractivity contribution in [3.05, 3.63) is 58.6 Å². The van der Waals surface area contributed by atoms with E-state index >= 15 is 0 Å². The first-order valence-corrected chi connectivity index (χ1v) is 7.54.